The number of thioether (sulfide) groups is 1. The van der Waals surface area contributed by atoms with Crippen molar-refractivity contribution in [2.75, 3.05) is 24.8 Å². The Hall–Kier alpha value is -3.00. The van der Waals surface area contributed by atoms with Gasteiger partial charge in [0.05, 0.1) is 20.1 Å². The number of nitrogens with zero attached hydrogens (tertiary/aromatic N) is 3. The first kappa shape index (κ1) is 20.7. The molecule has 0 atom stereocenters. The number of para-hydroxylation sites is 3. The molecular weight excluding hydrogens is 388 g/mol. The van der Waals surface area contributed by atoms with Crippen molar-refractivity contribution in [3.8, 4) is 11.5 Å². The summed E-state index contributed by atoms with van der Waals surface area (Å²) in [4.78, 5) is 12.3. The van der Waals surface area contributed by atoms with Gasteiger partial charge in [-0.15, -0.1) is 10.2 Å². The van der Waals surface area contributed by atoms with Gasteiger partial charge in [0, 0.05) is 18.0 Å². The summed E-state index contributed by atoms with van der Waals surface area (Å²) in [5, 5.41) is 12.1. The van der Waals surface area contributed by atoms with Crippen molar-refractivity contribution in [2.45, 2.75) is 25.0 Å². The van der Waals surface area contributed by atoms with Crippen molar-refractivity contribution in [1.29, 1.82) is 0 Å². The summed E-state index contributed by atoms with van der Waals surface area (Å²) < 4.78 is 13.0. The lowest BCUT2D eigenvalue weighted by Gasteiger charge is -2.10. The van der Waals surface area contributed by atoms with Gasteiger partial charge in [-0.25, -0.2) is 0 Å². The predicted molar refractivity (Wildman–Crippen MR) is 114 cm³/mol. The van der Waals surface area contributed by atoms with Crippen molar-refractivity contribution in [3.63, 3.8) is 0 Å². The largest absolute Gasteiger partial charge is 0.493 e. The number of amides is 1. The molecule has 8 heteroatoms. The second-order valence-electron chi connectivity index (χ2n) is 6.08. The van der Waals surface area contributed by atoms with Crippen molar-refractivity contribution in [1.82, 2.24) is 14.8 Å². The molecule has 0 saturated heterocycles. The number of carbonyl (C=O) groups is 1. The molecule has 3 aromatic rings. The number of carbonyl (C=O) groups excluding carboxylic acids is 1. The van der Waals surface area contributed by atoms with E-state index < -0.39 is 0 Å². The zero-order valence-corrected chi connectivity index (χ0v) is 17.3. The predicted octanol–water partition coefficient (Wildman–Crippen LogP) is 3.66. The smallest absolute Gasteiger partial charge is 0.232 e. The van der Waals surface area contributed by atoms with E-state index in [9.17, 15) is 4.79 Å². The Morgan fingerprint density at radius 1 is 1.07 bits per heavy atom. The van der Waals surface area contributed by atoms with Gasteiger partial charge >= 0.3 is 0 Å². The van der Waals surface area contributed by atoms with Crippen LogP contribution in [0.1, 0.15) is 12.7 Å². The first-order chi connectivity index (χ1) is 14.2. The van der Waals surface area contributed by atoms with Crippen LogP contribution in [0, 0.1) is 0 Å². The second kappa shape index (κ2) is 10.5. The lowest BCUT2D eigenvalue weighted by atomic mass is 10.3. The molecule has 1 amide bonds. The Labute approximate surface area is 174 Å². The summed E-state index contributed by atoms with van der Waals surface area (Å²) in [6, 6.07) is 16.9. The third-order valence-corrected chi connectivity index (χ3v) is 5.06. The molecule has 0 aliphatic carbocycles. The summed E-state index contributed by atoms with van der Waals surface area (Å²) >= 11 is 1.55. The maximum absolute atomic E-state index is 12.3. The van der Waals surface area contributed by atoms with E-state index in [1.165, 1.54) is 0 Å². The summed E-state index contributed by atoms with van der Waals surface area (Å²) in [7, 11) is 1.62. The Balaban J connectivity index is 1.53. The number of hydrogen-bond donors (Lipinski definition) is 1. The van der Waals surface area contributed by atoms with Gasteiger partial charge in [0.15, 0.2) is 16.7 Å². The molecule has 2 aromatic carbocycles. The van der Waals surface area contributed by atoms with Gasteiger partial charge in [-0.1, -0.05) is 42.1 Å². The number of benzene rings is 2. The summed E-state index contributed by atoms with van der Waals surface area (Å²) in [5.74, 6) is 2.65. The highest BCUT2D eigenvalue weighted by molar-refractivity contribution is 7.99. The minimum absolute atomic E-state index is 0.116. The maximum Gasteiger partial charge on any atom is 0.232 e. The fourth-order valence-corrected chi connectivity index (χ4v) is 3.61. The molecule has 29 heavy (non-hydrogen) atoms. The zero-order chi connectivity index (χ0) is 20.5. The van der Waals surface area contributed by atoms with E-state index in [4.69, 9.17) is 9.47 Å². The van der Waals surface area contributed by atoms with Crippen molar-refractivity contribution in [2.24, 2.45) is 0 Å². The number of nitrogens with one attached hydrogen (secondary N) is 1. The topological polar surface area (TPSA) is 78.3 Å². The van der Waals surface area contributed by atoms with Crippen LogP contribution in [0.4, 0.5) is 5.69 Å². The summed E-state index contributed by atoms with van der Waals surface area (Å²) in [6.45, 7) is 3.21. The number of ether oxygens (including phenoxy) is 2. The van der Waals surface area contributed by atoms with Crippen LogP contribution >= 0.6 is 11.8 Å². The van der Waals surface area contributed by atoms with E-state index in [2.05, 4.69) is 15.5 Å². The van der Waals surface area contributed by atoms with Crippen LogP contribution in [0.5, 0.6) is 11.5 Å². The van der Waals surface area contributed by atoms with E-state index in [0.29, 0.717) is 36.2 Å². The van der Waals surface area contributed by atoms with E-state index in [-0.39, 0.29) is 12.3 Å². The van der Waals surface area contributed by atoms with Gasteiger partial charge in [-0.2, -0.15) is 0 Å². The normalized spacial score (nSPS) is 10.6. The third kappa shape index (κ3) is 5.74. The average Bonchev–Trinajstić information content (AvgIpc) is 3.13. The number of methoxy groups -OCH3 is 1. The molecule has 0 spiro atoms. The van der Waals surface area contributed by atoms with Crippen molar-refractivity contribution < 1.29 is 14.3 Å². The van der Waals surface area contributed by atoms with Crippen LogP contribution < -0.4 is 14.8 Å². The fraction of sp³-hybridized carbons (Fsp3) is 0.286. The first-order valence-corrected chi connectivity index (χ1v) is 10.4. The Bertz CT molecular complexity index is 931. The molecule has 152 valence electrons. The van der Waals surface area contributed by atoms with E-state index in [0.717, 1.165) is 10.8 Å². The molecule has 0 radical (unpaired) electrons. The standard InChI is InChI=1S/C21H24N4O3S/c1-3-25-19(15-20(26)22-16-9-5-4-6-10-16)23-24-21(25)29-14-13-28-18-12-8-7-11-17(18)27-2/h4-12H,3,13-15H2,1-2H3,(H,22,26). The molecule has 3 rings (SSSR count). The monoisotopic (exact) mass is 412 g/mol. The number of anilines is 1. The van der Waals surface area contributed by atoms with Gasteiger partial charge in [0.25, 0.3) is 0 Å². The molecule has 0 bridgehead atoms. The molecule has 0 aliphatic heterocycles. The molecule has 1 aromatic heterocycles. The molecule has 0 unspecified atom stereocenters. The zero-order valence-electron chi connectivity index (χ0n) is 16.5. The van der Waals surface area contributed by atoms with Gasteiger partial charge in [0.1, 0.15) is 5.82 Å². The van der Waals surface area contributed by atoms with E-state index in [1.807, 2.05) is 66.1 Å². The van der Waals surface area contributed by atoms with Gasteiger partial charge in [0.2, 0.25) is 5.91 Å². The second-order valence-corrected chi connectivity index (χ2v) is 7.14. The van der Waals surface area contributed by atoms with Crippen LogP contribution in [-0.2, 0) is 17.8 Å². The number of hydrogen-bond acceptors (Lipinski definition) is 6. The molecule has 1 heterocycles. The first-order valence-electron chi connectivity index (χ1n) is 9.36. The summed E-state index contributed by atoms with van der Waals surface area (Å²) in [5.41, 5.74) is 0.767. The minimum Gasteiger partial charge on any atom is -0.493 e. The van der Waals surface area contributed by atoms with Crippen LogP contribution in [0.15, 0.2) is 59.8 Å². The molecule has 0 fully saturated rings. The molecule has 1 N–H and O–H groups in total. The highest BCUT2D eigenvalue weighted by atomic mass is 32.2. The molecule has 7 nitrogen and oxygen atoms in total. The Kier molecular flexibility index (Phi) is 7.52. The highest BCUT2D eigenvalue weighted by Crippen LogP contribution is 2.26. The molecule has 0 saturated carbocycles. The van der Waals surface area contributed by atoms with Crippen LogP contribution in [0.25, 0.3) is 0 Å². The van der Waals surface area contributed by atoms with Gasteiger partial charge in [-0.3, -0.25) is 4.79 Å². The van der Waals surface area contributed by atoms with Gasteiger partial charge < -0.3 is 19.4 Å². The van der Waals surface area contributed by atoms with E-state index >= 15 is 0 Å². The maximum atomic E-state index is 12.3. The van der Waals surface area contributed by atoms with Gasteiger partial charge in [-0.05, 0) is 31.2 Å². The Morgan fingerprint density at radius 2 is 1.79 bits per heavy atom. The summed E-state index contributed by atoms with van der Waals surface area (Å²) in [6.07, 6.45) is 0.175. The lowest BCUT2D eigenvalue weighted by molar-refractivity contribution is -0.115. The lowest BCUT2D eigenvalue weighted by Crippen LogP contribution is -2.17. The number of aromatic nitrogens is 3. The van der Waals surface area contributed by atoms with Crippen LogP contribution in [-0.4, -0.2) is 40.1 Å². The fourth-order valence-electron chi connectivity index (χ4n) is 2.77. The van der Waals surface area contributed by atoms with Crippen LogP contribution in [0.2, 0.25) is 0 Å². The quantitative estimate of drug-likeness (QED) is 0.404. The van der Waals surface area contributed by atoms with Crippen LogP contribution in [0.3, 0.4) is 0 Å². The highest BCUT2D eigenvalue weighted by Gasteiger charge is 2.15. The molecule has 0 aliphatic rings. The Morgan fingerprint density at radius 3 is 2.52 bits per heavy atom. The third-order valence-electron chi connectivity index (χ3n) is 4.13. The molecular formula is C21H24N4O3S. The minimum atomic E-state index is -0.116. The SMILES string of the molecule is CCn1c(CC(=O)Nc2ccccc2)nnc1SCCOc1ccccc1OC. The van der Waals surface area contributed by atoms with Crippen molar-refractivity contribution >= 4 is 23.4 Å². The van der Waals surface area contributed by atoms with Crippen molar-refractivity contribution in [3.05, 3.63) is 60.4 Å². The average molecular weight is 413 g/mol. The van der Waals surface area contributed by atoms with E-state index in [1.54, 1.807) is 18.9 Å². The number of rotatable bonds is 10.